The summed E-state index contributed by atoms with van der Waals surface area (Å²) in [5.74, 6) is 0.196. The normalized spacial score (nSPS) is 12.4. The maximum Gasteiger partial charge on any atom is 0.136 e. The zero-order valence-electron chi connectivity index (χ0n) is 12.2. The van der Waals surface area contributed by atoms with Gasteiger partial charge in [-0.1, -0.05) is 25.1 Å². The number of rotatable bonds is 6. The second kappa shape index (κ2) is 7.57. The minimum absolute atomic E-state index is 0.00435. The molecule has 0 saturated carbocycles. The Morgan fingerprint density at radius 3 is 2.62 bits per heavy atom. The number of hydrogen-bond donors (Lipinski definition) is 1. The Balaban J connectivity index is 2.16. The van der Waals surface area contributed by atoms with E-state index >= 15 is 0 Å². The van der Waals surface area contributed by atoms with Crippen molar-refractivity contribution in [2.75, 3.05) is 12.3 Å². The summed E-state index contributed by atoms with van der Waals surface area (Å²) < 4.78 is 27.2. The summed E-state index contributed by atoms with van der Waals surface area (Å²) in [6, 6.07) is 11.5. The first-order chi connectivity index (χ1) is 10.1. The fourth-order valence-corrected chi connectivity index (χ4v) is 3.25. The van der Waals surface area contributed by atoms with Crippen LogP contribution in [0.4, 0.5) is 8.78 Å². The molecule has 1 atom stereocenters. The first-order valence-corrected chi connectivity index (χ1v) is 7.97. The van der Waals surface area contributed by atoms with Gasteiger partial charge in [-0.25, -0.2) is 8.78 Å². The minimum Gasteiger partial charge on any atom is -0.309 e. The molecule has 2 rings (SSSR count). The molecule has 0 aliphatic rings. The maximum absolute atomic E-state index is 13.7. The van der Waals surface area contributed by atoms with E-state index in [0.29, 0.717) is 10.6 Å². The van der Waals surface area contributed by atoms with Crippen LogP contribution >= 0.6 is 11.8 Å². The molecule has 0 spiro atoms. The fourth-order valence-electron chi connectivity index (χ4n) is 2.23. The zero-order chi connectivity index (χ0) is 15.2. The highest BCUT2D eigenvalue weighted by Gasteiger charge is 2.15. The van der Waals surface area contributed by atoms with Gasteiger partial charge < -0.3 is 5.32 Å². The lowest BCUT2D eigenvalue weighted by Gasteiger charge is -2.20. The van der Waals surface area contributed by atoms with E-state index in [4.69, 9.17) is 0 Å². The standard InChI is InChI=1S/C17H19F2NS/c1-3-20-16(14-10-13(18)9-8-12(14)2)11-21-17-7-5-4-6-15(17)19/h4-10,16,20H,3,11H2,1-2H3. The highest BCUT2D eigenvalue weighted by molar-refractivity contribution is 7.99. The number of benzene rings is 2. The van der Waals surface area contributed by atoms with Crippen molar-refractivity contribution in [3.05, 3.63) is 65.2 Å². The van der Waals surface area contributed by atoms with E-state index < -0.39 is 0 Å². The van der Waals surface area contributed by atoms with Crippen LogP contribution in [0.1, 0.15) is 24.1 Å². The van der Waals surface area contributed by atoms with Gasteiger partial charge in [-0.15, -0.1) is 11.8 Å². The van der Waals surface area contributed by atoms with Gasteiger partial charge in [0.1, 0.15) is 11.6 Å². The number of halogens is 2. The first-order valence-electron chi connectivity index (χ1n) is 6.98. The highest BCUT2D eigenvalue weighted by Crippen LogP contribution is 2.28. The van der Waals surface area contributed by atoms with Crippen molar-refractivity contribution >= 4 is 11.8 Å². The SMILES string of the molecule is CCNC(CSc1ccccc1F)c1cc(F)ccc1C. The fraction of sp³-hybridized carbons (Fsp3) is 0.294. The molecule has 4 heteroatoms. The lowest BCUT2D eigenvalue weighted by Crippen LogP contribution is -2.24. The molecular formula is C17H19F2NS. The van der Waals surface area contributed by atoms with Crippen LogP contribution in [-0.2, 0) is 0 Å². The van der Waals surface area contributed by atoms with Gasteiger partial charge in [0.25, 0.3) is 0 Å². The van der Waals surface area contributed by atoms with E-state index in [-0.39, 0.29) is 17.7 Å². The van der Waals surface area contributed by atoms with Crippen molar-refractivity contribution in [2.45, 2.75) is 24.8 Å². The predicted octanol–water partition coefficient (Wildman–Crippen LogP) is 4.72. The Bertz CT molecular complexity index is 601. The van der Waals surface area contributed by atoms with Gasteiger partial charge in [0.15, 0.2) is 0 Å². The molecule has 0 bridgehead atoms. The molecule has 112 valence electrons. The molecule has 2 aromatic carbocycles. The van der Waals surface area contributed by atoms with Crippen molar-refractivity contribution in [1.29, 1.82) is 0 Å². The summed E-state index contributed by atoms with van der Waals surface area (Å²) in [5, 5.41) is 3.35. The molecule has 1 unspecified atom stereocenters. The van der Waals surface area contributed by atoms with Crippen LogP contribution < -0.4 is 5.32 Å². The second-order valence-corrected chi connectivity index (χ2v) is 5.91. The number of thioether (sulfide) groups is 1. The Morgan fingerprint density at radius 2 is 1.90 bits per heavy atom. The third kappa shape index (κ3) is 4.29. The van der Waals surface area contributed by atoms with Gasteiger partial charge in [0.2, 0.25) is 0 Å². The van der Waals surface area contributed by atoms with Crippen LogP contribution in [0.25, 0.3) is 0 Å². The second-order valence-electron chi connectivity index (χ2n) is 4.85. The van der Waals surface area contributed by atoms with Crippen LogP contribution in [-0.4, -0.2) is 12.3 Å². The average Bonchev–Trinajstić information content (AvgIpc) is 2.48. The van der Waals surface area contributed by atoms with Gasteiger partial charge in [-0.05, 0) is 48.9 Å². The monoisotopic (exact) mass is 307 g/mol. The molecule has 0 aliphatic heterocycles. The third-order valence-corrected chi connectivity index (χ3v) is 4.45. The molecule has 0 saturated heterocycles. The minimum atomic E-state index is -0.241. The summed E-state index contributed by atoms with van der Waals surface area (Å²) in [6.07, 6.45) is 0. The summed E-state index contributed by atoms with van der Waals surface area (Å²) in [4.78, 5) is 0.620. The van der Waals surface area contributed by atoms with E-state index in [1.807, 2.05) is 19.9 Å². The predicted molar refractivity (Wildman–Crippen MR) is 84.7 cm³/mol. The van der Waals surface area contributed by atoms with E-state index in [2.05, 4.69) is 5.32 Å². The molecule has 21 heavy (non-hydrogen) atoms. The smallest absolute Gasteiger partial charge is 0.136 e. The van der Waals surface area contributed by atoms with Gasteiger partial charge >= 0.3 is 0 Å². The molecule has 0 heterocycles. The lowest BCUT2D eigenvalue weighted by molar-refractivity contribution is 0.583. The van der Waals surface area contributed by atoms with Crippen LogP contribution in [0.15, 0.2) is 47.4 Å². The lowest BCUT2D eigenvalue weighted by atomic mass is 10.0. The molecule has 0 amide bonds. The molecule has 0 aromatic heterocycles. The van der Waals surface area contributed by atoms with Crippen LogP contribution in [0.3, 0.4) is 0 Å². The van der Waals surface area contributed by atoms with Gasteiger partial charge in [0.05, 0.1) is 0 Å². The van der Waals surface area contributed by atoms with Gasteiger partial charge in [0, 0.05) is 16.7 Å². The number of hydrogen-bond acceptors (Lipinski definition) is 2. The van der Waals surface area contributed by atoms with E-state index in [1.165, 1.54) is 23.9 Å². The topological polar surface area (TPSA) is 12.0 Å². The summed E-state index contributed by atoms with van der Waals surface area (Å²) >= 11 is 1.44. The largest absolute Gasteiger partial charge is 0.309 e. The van der Waals surface area contributed by atoms with Crippen molar-refractivity contribution in [1.82, 2.24) is 5.32 Å². The number of aryl methyl sites for hydroxylation is 1. The first kappa shape index (κ1) is 16.0. The van der Waals surface area contributed by atoms with Crippen molar-refractivity contribution in [3.63, 3.8) is 0 Å². The van der Waals surface area contributed by atoms with Crippen molar-refractivity contribution in [2.24, 2.45) is 0 Å². The number of nitrogens with one attached hydrogen (secondary N) is 1. The average molecular weight is 307 g/mol. The zero-order valence-corrected chi connectivity index (χ0v) is 13.0. The summed E-state index contributed by atoms with van der Waals surface area (Å²) in [7, 11) is 0. The molecule has 0 radical (unpaired) electrons. The van der Waals surface area contributed by atoms with E-state index in [9.17, 15) is 8.78 Å². The van der Waals surface area contributed by atoms with Crippen LogP contribution in [0.5, 0.6) is 0 Å². The van der Waals surface area contributed by atoms with Crippen molar-refractivity contribution in [3.8, 4) is 0 Å². The maximum atomic E-state index is 13.7. The van der Waals surface area contributed by atoms with Crippen LogP contribution in [0, 0.1) is 18.6 Å². The molecule has 1 N–H and O–H groups in total. The summed E-state index contributed by atoms with van der Waals surface area (Å²) in [5.41, 5.74) is 1.97. The third-order valence-electron chi connectivity index (χ3n) is 3.31. The van der Waals surface area contributed by atoms with Crippen LogP contribution in [0.2, 0.25) is 0 Å². The molecule has 2 aromatic rings. The Hall–Kier alpha value is -1.39. The Morgan fingerprint density at radius 1 is 1.14 bits per heavy atom. The quantitative estimate of drug-likeness (QED) is 0.775. The Labute approximate surface area is 128 Å². The van der Waals surface area contributed by atoms with E-state index in [0.717, 1.165) is 17.7 Å². The molecular weight excluding hydrogens is 288 g/mol. The summed E-state index contributed by atoms with van der Waals surface area (Å²) in [6.45, 7) is 4.75. The highest BCUT2D eigenvalue weighted by atomic mass is 32.2. The molecule has 0 fully saturated rings. The molecule has 1 nitrogen and oxygen atoms in total. The Kier molecular flexibility index (Phi) is 5.76. The van der Waals surface area contributed by atoms with Gasteiger partial charge in [-0.3, -0.25) is 0 Å². The van der Waals surface area contributed by atoms with Gasteiger partial charge in [-0.2, -0.15) is 0 Å². The van der Waals surface area contributed by atoms with Crippen molar-refractivity contribution < 1.29 is 8.78 Å². The van der Waals surface area contributed by atoms with E-state index in [1.54, 1.807) is 24.3 Å². The molecule has 0 aliphatic carbocycles.